The normalized spacial score (nSPS) is 11.5. The molecule has 6 heteroatoms. The largest absolute Gasteiger partial charge is 0.428 e. The summed E-state index contributed by atoms with van der Waals surface area (Å²) in [6.45, 7) is 1.78. The number of ether oxygens (including phenoxy) is 1. The minimum absolute atomic E-state index is 0.176. The maximum Gasteiger partial charge on any atom is 0.425 e. The Morgan fingerprint density at radius 1 is 1.18 bits per heavy atom. The van der Waals surface area contributed by atoms with Crippen molar-refractivity contribution in [3.63, 3.8) is 0 Å². The number of hydrogen-bond acceptors (Lipinski definition) is 3. The van der Waals surface area contributed by atoms with E-state index in [1.54, 1.807) is 25.1 Å². The lowest BCUT2D eigenvalue weighted by atomic mass is 10.4. The van der Waals surface area contributed by atoms with Gasteiger partial charge in [0.2, 0.25) is 5.88 Å². The Balaban J connectivity index is 2.17. The van der Waals surface area contributed by atoms with Gasteiger partial charge < -0.3 is 4.74 Å². The van der Waals surface area contributed by atoms with Gasteiger partial charge in [0.15, 0.2) is 5.06 Å². The summed E-state index contributed by atoms with van der Waals surface area (Å²) in [6.07, 6.45) is -4.33. The first-order chi connectivity index (χ1) is 7.95. The van der Waals surface area contributed by atoms with Crippen molar-refractivity contribution in [2.24, 2.45) is 0 Å². The maximum absolute atomic E-state index is 12.3. The van der Waals surface area contributed by atoms with Crippen LogP contribution in [0.15, 0.2) is 30.3 Å². The fourth-order valence-corrected chi connectivity index (χ4v) is 1.94. The molecule has 2 rings (SSSR count). The van der Waals surface area contributed by atoms with Gasteiger partial charge in [-0.3, -0.25) is 0 Å². The van der Waals surface area contributed by atoms with Crippen molar-refractivity contribution in [1.29, 1.82) is 0 Å². The van der Waals surface area contributed by atoms with Gasteiger partial charge in [0, 0.05) is 11.8 Å². The highest BCUT2D eigenvalue weighted by molar-refractivity contribution is 7.13. The molecule has 17 heavy (non-hydrogen) atoms. The van der Waals surface area contributed by atoms with Crippen molar-refractivity contribution in [2.45, 2.75) is 13.1 Å². The minimum Gasteiger partial charge on any atom is -0.428 e. The predicted molar refractivity (Wildman–Crippen MR) is 58.4 cm³/mol. The molecular formula is C11H8F3NOS. The number of thiophene rings is 1. The van der Waals surface area contributed by atoms with Crippen LogP contribution in [-0.2, 0) is 6.18 Å². The number of nitrogens with zero attached hydrogens (tertiary/aromatic N) is 1. The lowest BCUT2D eigenvalue weighted by Crippen LogP contribution is -2.00. The number of hydrogen-bond donors (Lipinski definition) is 0. The summed E-state index contributed by atoms with van der Waals surface area (Å²) in [5, 5.41) is 0.176. The molecule has 0 saturated carbocycles. The maximum atomic E-state index is 12.3. The van der Waals surface area contributed by atoms with Crippen molar-refractivity contribution in [3.05, 3.63) is 40.9 Å². The van der Waals surface area contributed by atoms with E-state index in [1.807, 2.05) is 0 Å². The van der Waals surface area contributed by atoms with E-state index < -0.39 is 11.1 Å². The van der Waals surface area contributed by atoms with Gasteiger partial charge >= 0.3 is 6.18 Å². The number of aryl methyl sites for hydroxylation is 1. The van der Waals surface area contributed by atoms with Crippen LogP contribution in [0.2, 0.25) is 0 Å². The zero-order chi connectivity index (χ0) is 12.5. The molecule has 0 aliphatic heterocycles. The number of aromatic nitrogens is 1. The van der Waals surface area contributed by atoms with Crippen molar-refractivity contribution in [3.8, 4) is 10.9 Å². The molecule has 0 bridgehead atoms. The first-order valence-electron chi connectivity index (χ1n) is 4.74. The van der Waals surface area contributed by atoms with Gasteiger partial charge in [-0.1, -0.05) is 17.4 Å². The van der Waals surface area contributed by atoms with E-state index in [-0.39, 0.29) is 5.06 Å². The SMILES string of the molecule is Cc1cccc(Oc2ccc(C(F)(F)F)s2)n1. The molecule has 0 saturated heterocycles. The van der Waals surface area contributed by atoms with Gasteiger partial charge in [-0.15, -0.1) is 0 Å². The molecule has 2 nitrogen and oxygen atoms in total. The van der Waals surface area contributed by atoms with Crippen LogP contribution < -0.4 is 4.74 Å². The van der Waals surface area contributed by atoms with Gasteiger partial charge in [-0.05, 0) is 25.1 Å². The van der Waals surface area contributed by atoms with Gasteiger partial charge in [-0.25, -0.2) is 4.98 Å². The Hall–Kier alpha value is -1.56. The summed E-state index contributed by atoms with van der Waals surface area (Å²) in [7, 11) is 0. The minimum atomic E-state index is -4.33. The van der Waals surface area contributed by atoms with Gasteiger partial charge in [0.25, 0.3) is 0 Å². The number of pyridine rings is 1. The molecule has 0 unspecified atom stereocenters. The standard InChI is InChI=1S/C11H8F3NOS/c1-7-3-2-4-9(15-7)16-10-6-5-8(17-10)11(12,13)14/h2-6H,1H3. The van der Waals surface area contributed by atoms with E-state index in [4.69, 9.17) is 4.74 Å². The van der Waals surface area contributed by atoms with Crippen LogP contribution in [0, 0.1) is 6.92 Å². The fraction of sp³-hybridized carbons (Fsp3) is 0.182. The lowest BCUT2D eigenvalue weighted by Gasteiger charge is -2.03. The van der Waals surface area contributed by atoms with Gasteiger partial charge in [-0.2, -0.15) is 13.2 Å². The highest BCUT2D eigenvalue weighted by Gasteiger charge is 2.32. The molecule has 2 heterocycles. The van der Waals surface area contributed by atoms with Crippen molar-refractivity contribution >= 4 is 11.3 Å². The third-order valence-corrected chi connectivity index (χ3v) is 2.94. The molecule has 2 aromatic rings. The van der Waals surface area contributed by atoms with E-state index in [1.165, 1.54) is 6.07 Å². The van der Waals surface area contributed by atoms with Crippen LogP contribution in [0.5, 0.6) is 10.9 Å². The van der Waals surface area contributed by atoms with Crippen molar-refractivity contribution in [2.75, 3.05) is 0 Å². The first-order valence-corrected chi connectivity index (χ1v) is 5.55. The van der Waals surface area contributed by atoms with E-state index in [2.05, 4.69) is 4.98 Å². The van der Waals surface area contributed by atoms with Crippen LogP contribution in [0.1, 0.15) is 10.6 Å². The number of halogens is 3. The second kappa shape index (κ2) is 4.37. The molecule has 0 fully saturated rings. The molecule has 0 amide bonds. The molecule has 0 aliphatic rings. The first kappa shape index (κ1) is 11.9. The third-order valence-electron chi connectivity index (χ3n) is 1.93. The number of rotatable bonds is 2. The Morgan fingerprint density at radius 3 is 2.53 bits per heavy atom. The summed E-state index contributed by atoms with van der Waals surface area (Å²) in [5.74, 6) is 0.292. The Labute approximate surface area is 99.7 Å². The van der Waals surface area contributed by atoms with E-state index >= 15 is 0 Å². The predicted octanol–water partition coefficient (Wildman–Crippen LogP) is 4.26. The third kappa shape index (κ3) is 2.97. The zero-order valence-corrected chi connectivity index (χ0v) is 9.60. The topological polar surface area (TPSA) is 22.1 Å². The van der Waals surface area contributed by atoms with Crippen LogP contribution >= 0.6 is 11.3 Å². The van der Waals surface area contributed by atoms with Crippen LogP contribution in [0.3, 0.4) is 0 Å². The average Bonchev–Trinajstić information content (AvgIpc) is 2.65. The van der Waals surface area contributed by atoms with Gasteiger partial charge in [0.05, 0.1) is 0 Å². The van der Waals surface area contributed by atoms with Gasteiger partial charge in [0.1, 0.15) is 4.88 Å². The average molecular weight is 259 g/mol. The van der Waals surface area contributed by atoms with Crippen LogP contribution in [0.25, 0.3) is 0 Å². The summed E-state index contributed by atoms with van der Waals surface area (Å²) in [6, 6.07) is 7.39. The Morgan fingerprint density at radius 2 is 1.94 bits per heavy atom. The number of alkyl halides is 3. The van der Waals surface area contributed by atoms with Crippen LogP contribution in [-0.4, -0.2) is 4.98 Å². The fourth-order valence-electron chi connectivity index (χ4n) is 1.21. The van der Waals surface area contributed by atoms with E-state index in [9.17, 15) is 13.2 Å². The van der Waals surface area contributed by atoms with Crippen molar-refractivity contribution in [1.82, 2.24) is 4.98 Å². The zero-order valence-electron chi connectivity index (χ0n) is 8.78. The quantitative estimate of drug-likeness (QED) is 0.803. The summed E-state index contributed by atoms with van der Waals surface area (Å²) in [4.78, 5) is 3.36. The highest BCUT2D eigenvalue weighted by Crippen LogP contribution is 2.38. The molecular weight excluding hydrogens is 251 g/mol. The second-order valence-electron chi connectivity index (χ2n) is 3.34. The molecule has 2 aromatic heterocycles. The lowest BCUT2D eigenvalue weighted by molar-refractivity contribution is -0.134. The van der Waals surface area contributed by atoms with Crippen molar-refractivity contribution < 1.29 is 17.9 Å². The molecule has 90 valence electrons. The molecule has 0 N–H and O–H groups in total. The summed E-state index contributed by atoms with van der Waals surface area (Å²) in [5.41, 5.74) is 0.745. The van der Waals surface area contributed by atoms with Crippen LogP contribution in [0.4, 0.5) is 13.2 Å². The Kier molecular flexibility index (Phi) is 3.06. The molecule has 0 aromatic carbocycles. The summed E-state index contributed by atoms with van der Waals surface area (Å²) >= 11 is 0.553. The molecule has 0 spiro atoms. The molecule has 0 atom stereocenters. The highest BCUT2D eigenvalue weighted by atomic mass is 32.1. The Bertz CT molecular complexity index is 521. The summed E-state index contributed by atoms with van der Waals surface area (Å²) < 4.78 is 42.3. The smallest absolute Gasteiger partial charge is 0.425 e. The molecule has 0 radical (unpaired) electrons. The van der Waals surface area contributed by atoms with E-state index in [0.717, 1.165) is 11.8 Å². The second-order valence-corrected chi connectivity index (χ2v) is 4.38. The molecule has 0 aliphatic carbocycles. The van der Waals surface area contributed by atoms with E-state index in [0.29, 0.717) is 17.2 Å². The monoisotopic (exact) mass is 259 g/mol.